The second-order valence-electron chi connectivity index (χ2n) is 4.61. The van der Waals surface area contributed by atoms with E-state index in [9.17, 15) is 8.76 Å². The molecular formula is C14H22O2S2. The van der Waals surface area contributed by atoms with Gasteiger partial charge < -0.3 is 4.55 Å². The zero-order valence-corrected chi connectivity index (χ0v) is 12.8. The maximum absolute atomic E-state index is 11.5. The molecule has 18 heavy (non-hydrogen) atoms. The van der Waals surface area contributed by atoms with Gasteiger partial charge in [0.15, 0.2) is 8.77 Å². The maximum atomic E-state index is 11.5. The van der Waals surface area contributed by atoms with E-state index in [1.807, 2.05) is 12.1 Å². The molecule has 0 bridgehead atoms. The van der Waals surface area contributed by atoms with Crippen molar-refractivity contribution in [2.24, 2.45) is 0 Å². The number of aryl methyl sites for hydroxylation is 2. The van der Waals surface area contributed by atoms with Gasteiger partial charge in [0.2, 0.25) is 0 Å². The smallest absolute Gasteiger partial charge is 0.171 e. The van der Waals surface area contributed by atoms with Crippen molar-refractivity contribution in [3.63, 3.8) is 0 Å². The van der Waals surface area contributed by atoms with Crippen molar-refractivity contribution in [3.8, 4) is 0 Å². The molecule has 1 N–H and O–H groups in total. The van der Waals surface area contributed by atoms with Crippen molar-refractivity contribution in [2.45, 2.75) is 57.3 Å². The molecule has 102 valence electrons. The average molecular weight is 286 g/mol. The lowest BCUT2D eigenvalue weighted by Gasteiger charge is -2.11. The molecule has 0 heterocycles. The minimum atomic E-state index is -3.25. The molecule has 0 aliphatic rings. The van der Waals surface area contributed by atoms with E-state index in [1.165, 1.54) is 11.1 Å². The van der Waals surface area contributed by atoms with Gasteiger partial charge in [0.25, 0.3) is 0 Å². The fraction of sp³-hybridized carbons (Fsp3) is 0.571. The van der Waals surface area contributed by atoms with E-state index in [0.717, 1.165) is 38.5 Å². The van der Waals surface area contributed by atoms with E-state index in [1.54, 1.807) is 6.07 Å². The topological polar surface area (TPSA) is 37.3 Å². The Morgan fingerprint density at radius 1 is 1.11 bits per heavy atom. The van der Waals surface area contributed by atoms with Crippen LogP contribution in [0.5, 0.6) is 0 Å². The van der Waals surface area contributed by atoms with Crippen LogP contribution in [-0.2, 0) is 32.8 Å². The van der Waals surface area contributed by atoms with Crippen LogP contribution in [0.15, 0.2) is 23.1 Å². The van der Waals surface area contributed by atoms with Gasteiger partial charge in [-0.15, -0.1) is 0 Å². The monoisotopic (exact) mass is 286 g/mol. The van der Waals surface area contributed by atoms with E-state index < -0.39 is 8.77 Å². The van der Waals surface area contributed by atoms with Crippen LogP contribution in [-0.4, -0.2) is 8.76 Å². The Bertz CT molecular complexity index is 479. The van der Waals surface area contributed by atoms with Gasteiger partial charge in [0, 0.05) is 11.2 Å². The predicted octanol–water partition coefficient (Wildman–Crippen LogP) is 3.95. The Kier molecular flexibility index (Phi) is 6.26. The molecule has 0 saturated heterocycles. The zero-order valence-electron chi connectivity index (χ0n) is 11.1. The van der Waals surface area contributed by atoms with Crippen molar-refractivity contribution >= 4 is 20.0 Å². The van der Waals surface area contributed by atoms with Crippen LogP contribution >= 0.6 is 0 Å². The van der Waals surface area contributed by atoms with Gasteiger partial charge >= 0.3 is 0 Å². The summed E-state index contributed by atoms with van der Waals surface area (Å²) in [6.45, 7) is 4.32. The summed E-state index contributed by atoms with van der Waals surface area (Å²) in [7, 11) is -3.25. The van der Waals surface area contributed by atoms with Gasteiger partial charge in [-0.25, -0.2) is 4.21 Å². The molecule has 0 spiro atoms. The first-order valence-corrected chi connectivity index (χ1v) is 9.02. The second-order valence-corrected chi connectivity index (χ2v) is 7.39. The summed E-state index contributed by atoms with van der Waals surface area (Å²) in [6, 6.07) is 5.50. The quantitative estimate of drug-likeness (QED) is 0.824. The van der Waals surface area contributed by atoms with Gasteiger partial charge in [0.05, 0.1) is 4.90 Å². The van der Waals surface area contributed by atoms with E-state index in [2.05, 4.69) is 25.0 Å². The lowest BCUT2D eigenvalue weighted by Crippen LogP contribution is -2.01. The van der Waals surface area contributed by atoms with E-state index in [-0.39, 0.29) is 0 Å². The van der Waals surface area contributed by atoms with Crippen LogP contribution in [0.1, 0.15) is 50.7 Å². The fourth-order valence-corrected chi connectivity index (χ4v) is 2.82. The molecule has 0 saturated carbocycles. The summed E-state index contributed by atoms with van der Waals surface area (Å²) in [6.07, 6.45) is 6.55. The van der Waals surface area contributed by atoms with Crippen LogP contribution < -0.4 is 0 Å². The molecule has 1 aromatic carbocycles. The van der Waals surface area contributed by atoms with Gasteiger partial charge in [-0.1, -0.05) is 32.8 Å². The summed E-state index contributed by atoms with van der Waals surface area (Å²) in [5.74, 6) is 0. The average Bonchev–Trinajstić information content (AvgIpc) is 2.33. The SMILES string of the molecule is CCCCc1ccc(S(=O)(O)=S)cc1CCCC. The number of unbranched alkanes of at least 4 members (excludes halogenated alkanes) is 2. The molecule has 1 atom stereocenters. The molecule has 4 heteroatoms. The van der Waals surface area contributed by atoms with Gasteiger partial charge in [-0.3, -0.25) is 0 Å². The Morgan fingerprint density at radius 2 is 1.67 bits per heavy atom. The highest BCUT2D eigenvalue weighted by atomic mass is 32.8. The van der Waals surface area contributed by atoms with Gasteiger partial charge in [0.1, 0.15) is 0 Å². The molecule has 0 aliphatic carbocycles. The Morgan fingerprint density at radius 3 is 2.17 bits per heavy atom. The normalized spacial score (nSPS) is 14.4. The Labute approximate surface area is 115 Å². The van der Waals surface area contributed by atoms with Crippen LogP contribution in [0.2, 0.25) is 0 Å². The first kappa shape index (κ1) is 15.6. The minimum absolute atomic E-state index is 0.379. The van der Waals surface area contributed by atoms with Gasteiger partial charge in [-0.2, -0.15) is 0 Å². The minimum Gasteiger partial charge on any atom is -0.302 e. The van der Waals surface area contributed by atoms with Crippen molar-refractivity contribution in [3.05, 3.63) is 29.3 Å². The molecule has 0 aromatic heterocycles. The van der Waals surface area contributed by atoms with Crippen molar-refractivity contribution < 1.29 is 8.76 Å². The molecule has 1 unspecified atom stereocenters. The fourth-order valence-electron chi connectivity index (χ4n) is 1.97. The Balaban J connectivity index is 3.03. The van der Waals surface area contributed by atoms with Crippen molar-refractivity contribution in [1.82, 2.24) is 0 Å². The van der Waals surface area contributed by atoms with Crippen LogP contribution in [0, 0.1) is 0 Å². The first-order valence-electron chi connectivity index (χ1n) is 6.58. The Hall–Kier alpha value is -0.450. The van der Waals surface area contributed by atoms with E-state index in [0.29, 0.717) is 4.90 Å². The van der Waals surface area contributed by atoms with Crippen molar-refractivity contribution in [2.75, 3.05) is 0 Å². The molecule has 0 aliphatic heterocycles. The summed E-state index contributed by atoms with van der Waals surface area (Å²) < 4.78 is 21.0. The van der Waals surface area contributed by atoms with Crippen LogP contribution in [0.25, 0.3) is 0 Å². The third-order valence-electron chi connectivity index (χ3n) is 3.07. The standard InChI is InChI=1S/C14H22O2S2/c1-3-5-7-12-9-10-14(18(15,16)17)11-13(12)8-6-4-2/h9-11H,3-8H2,1-2H3,(H,15,16,17). The molecule has 0 amide bonds. The first-order chi connectivity index (χ1) is 8.49. The molecule has 1 aromatic rings. The van der Waals surface area contributed by atoms with E-state index in [4.69, 9.17) is 0 Å². The second kappa shape index (κ2) is 7.22. The summed E-state index contributed by atoms with van der Waals surface area (Å²) in [4.78, 5) is 0.379. The van der Waals surface area contributed by atoms with E-state index >= 15 is 0 Å². The highest BCUT2D eigenvalue weighted by Gasteiger charge is 2.09. The summed E-state index contributed by atoms with van der Waals surface area (Å²) in [5, 5.41) is 0. The largest absolute Gasteiger partial charge is 0.302 e. The number of hydrogen-bond acceptors (Lipinski definition) is 2. The highest BCUT2D eigenvalue weighted by molar-refractivity contribution is 8.29. The number of benzene rings is 1. The molecule has 1 rings (SSSR count). The number of hydrogen-bond donors (Lipinski definition) is 1. The zero-order chi connectivity index (χ0) is 13.6. The lowest BCUT2D eigenvalue weighted by molar-refractivity contribution is 0.561. The van der Waals surface area contributed by atoms with Crippen molar-refractivity contribution in [1.29, 1.82) is 0 Å². The van der Waals surface area contributed by atoms with Gasteiger partial charge in [-0.05, 0) is 48.9 Å². The molecule has 0 radical (unpaired) electrons. The third kappa shape index (κ3) is 4.67. The molecule has 0 fully saturated rings. The third-order valence-corrected chi connectivity index (χ3v) is 4.50. The summed E-state index contributed by atoms with van der Waals surface area (Å²) in [5.41, 5.74) is 2.49. The molecule has 2 nitrogen and oxygen atoms in total. The predicted molar refractivity (Wildman–Crippen MR) is 80.1 cm³/mol. The molecular weight excluding hydrogens is 264 g/mol. The van der Waals surface area contributed by atoms with Crippen LogP contribution in [0.3, 0.4) is 0 Å². The summed E-state index contributed by atoms with van der Waals surface area (Å²) >= 11 is 4.64. The number of rotatable bonds is 7. The maximum Gasteiger partial charge on any atom is 0.171 e. The van der Waals surface area contributed by atoms with Crippen LogP contribution in [0.4, 0.5) is 0 Å². The highest BCUT2D eigenvalue weighted by Crippen LogP contribution is 2.20. The lowest BCUT2D eigenvalue weighted by atomic mass is 9.98.